The van der Waals surface area contributed by atoms with Gasteiger partial charge in [0.15, 0.2) is 6.61 Å². The van der Waals surface area contributed by atoms with Crippen LogP contribution in [0.3, 0.4) is 0 Å². The number of hydrogen-bond acceptors (Lipinski definition) is 10. The number of ether oxygens (including phenoxy) is 3. The van der Waals surface area contributed by atoms with Gasteiger partial charge >= 0.3 is 23.7 Å². The number of nitrogens with one attached hydrogen (secondary N) is 1. The third-order valence-corrected chi connectivity index (χ3v) is 4.66. The zero-order valence-electron chi connectivity index (χ0n) is 17.7. The third kappa shape index (κ3) is 5.15. The van der Waals surface area contributed by atoms with E-state index in [1.807, 2.05) is 0 Å². The highest BCUT2D eigenvalue weighted by atomic mass is 35.5. The Hall–Kier alpha value is -4.39. The SMILES string of the molecule is COC(=O)COc1c(/C=C2\NC(=O)N(Cc3ccc(C(=O)OC)o3)C2=O)cc(Cl)cc1[N+](=O)[O-]. The summed E-state index contributed by atoms with van der Waals surface area (Å²) >= 11 is 5.97. The molecule has 2 aromatic rings. The number of carbonyl (C=O) groups excluding carboxylic acids is 4. The average molecular weight is 494 g/mol. The second-order valence-electron chi connectivity index (χ2n) is 6.60. The van der Waals surface area contributed by atoms with Crippen LogP contribution in [-0.2, 0) is 25.6 Å². The van der Waals surface area contributed by atoms with Crippen molar-refractivity contribution in [1.29, 1.82) is 0 Å². The number of rotatable bonds is 8. The lowest BCUT2D eigenvalue weighted by Gasteiger charge is -2.10. The number of nitrogens with zero attached hydrogens (tertiary/aromatic N) is 2. The molecule has 1 fully saturated rings. The maximum absolute atomic E-state index is 12.8. The average Bonchev–Trinajstić information content (AvgIpc) is 3.37. The van der Waals surface area contributed by atoms with Crippen LogP contribution >= 0.6 is 11.6 Å². The topological polar surface area (TPSA) is 168 Å². The molecule has 1 aliphatic rings. The van der Waals surface area contributed by atoms with Gasteiger partial charge < -0.3 is 23.9 Å². The van der Waals surface area contributed by atoms with Gasteiger partial charge in [0.05, 0.1) is 25.7 Å². The first-order valence-corrected chi connectivity index (χ1v) is 9.71. The van der Waals surface area contributed by atoms with Gasteiger partial charge in [-0.2, -0.15) is 0 Å². The minimum absolute atomic E-state index is 0.0421. The minimum Gasteiger partial charge on any atom is -0.474 e. The van der Waals surface area contributed by atoms with Crippen molar-refractivity contribution in [1.82, 2.24) is 10.2 Å². The van der Waals surface area contributed by atoms with Gasteiger partial charge in [0.25, 0.3) is 5.91 Å². The molecule has 0 radical (unpaired) electrons. The van der Waals surface area contributed by atoms with Gasteiger partial charge in [0, 0.05) is 16.7 Å². The Balaban J connectivity index is 1.91. The summed E-state index contributed by atoms with van der Waals surface area (Å²) in [5.41, 5.74) is -0.855. The van der Waals surface area contributed by atoms with Gasteiger partial charge in [0.2, 0.25) is 11.5 Å². The molecule has 13 nitrogen and oxygen atoms in total. The van der Waals surface area contributed by atoms with Crippen LogP contribution < -0.4 is 10.1 Å². The lowest BCUT2D eigenvalue weighted by Crippen LogP contribution is -2.30. The fraction of sp³-hybridized carbons (Fsp3) is 0.200. The quantitative estimate of drug-likeness (QED) is 0.189. The number of amides is 3. The number of benzene rings is 1. The summed E-state index contributed by atoms with van der Waals surface area (Å²) in [5, 5.41) is 13.8. The van der Waals surface area contributed by atoms with Crippen molar-refractivity contribution in [3.8, 4) is 5.75 Å². The van der Waals surface area contributed by atoms with Gasteiger partial charge in [-0.1, -0.05) is 11.6 Å². The number of esters is 2. The Bertz CT molecular complexity index is 1220. The number of halogens is 1. The first-order chi connectivity index (χ1) is 16.1. The Morgan fingerprint density at radius 2 is 1.97 bits per heavy atom. The molecule has 1 aliphatic heterocycles. The van der Waals surface area contributed by atoms with Crippen LogP contribution in [0.2, 0.25) is 5.02 Å². The molecule has 0 saturated carbocycles. The predicted octanol–water partition coefficient (Wildman–Crippen LogP) is 2.27. The van der Waals surface area contributed by atoms with E-state index in [1.54, 1.807) is 0 Å². The Morgan fingerprint density at radius 1 is 1.24 bits per heavy atom. The smallest absolute Gasteiger partial charge is 0.373 e. The zero-order chi connectivity index (χ0) is 25.0. The second kappa shape index (κ2) is 10.0. The Labute approximate surface area is 195 Å². The van der Waals surface area contributed by atoms with Crippen LogP contribution in [0.15, 0.2) is 34.4 Å². The maximum Gasteiger partial charge on any atom is 0.373 e. The van der Waals surface area contributed by atoms with Gasteiger partial charge in [-0.15, -0.1) is 0 Å². The molecule has 3 rings (SSSR count). The number of hydrogen-bond donors (Lipinski definition) is 1. The lowest BCUT2D eigenvalue weighted by molar-refractivity contribution is -0.385. The molecule has 0 atom stereocenters. The van der Waals surface area contributed by atoms with Gasteiger partial charge in [-0.3, -0.25) is 19.8 Å². The van der Waals surface area contributed by atoms with Gasteiger partial charge in [0.1, 0.15) is 11.5 Å². The van der Waals surface area contributed by atoms with E-state index in [1.165, 1.54) is 25.3 Å². The van der Waals surface area contributed by atoms with E-state index in [4.69, 9.17) is 20.8 Å². The molecule has 2 heterocycles. The number of furan rings is 1. The summed E-state index contributed by atoms with van der Waals surface area (Å²) in [5.74, 6) is -2.66. The Morgan fingerprint density at radius 3 is 2.62 bits per heavy atom. The zero-order valence-corrected chi connectivity index (χ0v) is 18.4. The van der Waals surface area contributed by atoms with Crippen molar-refractivity contribution in [2.45, 2.75) is 6.54 Å². The van der Waals surface area contributed by atoms with Crippen molar-refractivity contribution >= 4 is 47.2 Å². The molecular weight excluding hydrogens is 478 g/mol. The highest BCUT2D eigenvalue weighted by Crippen LogP contribution is 2.36. The maximum atomic E-state index is 12.8. The molecule has 1 N–H and O–H groups in total. The van der Waals surface area contributed by atoms with E-state index in [2.05, 4.69) is 14.8 Å². The molecule has 14 heteroatoms. The summed E-state index contributed by atoms with van der Waals surface area (Å²) in [7, 11) is 2.28. The molecule has 0 aliphatic carbocycles. The molecule has 3 amide bonds. The van der Waals surface area contributed by atoms with Gasteiger partial charge in [-0.25, -0.2) is 14.4 Å². The highest BCUT2D eigenvalue weighted by molar-refractivity contribution is 6.31. The number of imide groups is 1. The number of urea groups is 1. The monoisotopic (exact) mass is 493 g/mol. The summed E-state index contributed by atoms with van der Waals surface area (Å²) in [6.07, 6.45) is 1.12. The van der Waals surface area contributed by atoms with Gasteiger partial charge in [-0.05, 0) is 24.3 Å². The first-order valence-electron chi connectivity index (χ1n) is 9.33. The summed E-state index contributed by atoms with van der Waals surface area (Å²) < 4.78 is 19.5. The van der Waals surface area contributed by atoms with E-state index in [0.29, 0.717) is 0 Å². The third-order valence-electron chi connectivity index (χ3n) is 4.45. The molecule has 1 saturated heterocycles. The van der Waals surface area contributed by atoms with E-state index < -0.39 is 41.1 Å². The fourth-order valence-corrected chi connectivity index (χ4v) is 3.11. The van der Waals surface area contributed by atoms with Crippen molar-refractivity contribution in [2.24, 2.45) is 0 Å². The first kappa shape index (κ1) is 24.3. The fourth-order valence-electron chi connectivity index (χ4n) is 2.89. The van der Waals surface area contributed by atoms with Crippen LogP contribution in [-0.4, -0.2) is 54.5 Å². The van der Waals surface area contributed by atoms with Crippen LogP contribution in [0, 0.1) is 10.1 Å². The molecule has 1 aromatic carbocycles. The van der Waals surface area contributed by atoms with Crippen LogP contribution in [0.25, 0.3) is 6.08 Å². The molecule has 1 aromatic heterocycles. The molecule has 0 bridgehead atoms. The van der Waals surface area contributed by atoms with Crippen molar-refractivity contribution in [3.63, 3.8) is 0 Å². The predicted molar refractivity (Wildman–Crippen MR) is 113 cm³/mol. The van der Waals surface area contributed by atoms with Crippen LogP contribution in [0.1, 0.15) is 21.9 Å². The molecular formula is C20H16ClN3O10. The normalized spacial score (nSPS) is 14.2. The highest BCUT2D eigenvalue weighted by Gasteiger charge is 2.35. The molecule has 0 unspecified atom stereocenters. The molecule has 178 valence electrons. The number of methoxy groups -OCH3 is 2. The number of carbonyl (C=O) groups is 4. The van der Waals surface area contributed by atoms with Crippen LogP contribution in [0.5, 0.6) is 5.75 Å². The van der Waals surface area contributed by atoms with E-state index in [-0.39, 0.29) is 40.1 Å². The van der Waals surface area contributed by atoms with Crippen molar-refractivity contribution in [2.75, 3.05) is 20.8 Å². The lowest BCUT2D eigenvalue weighted by atomic mass is 10.1. The van der Waals surface area contributed by atoms with E-state index >= 15 is 0 Å². The molecule has 34 heavy (non-hydrogen) atoms. The van der Waals surface area contributed by atoms with Crippen molar-refractivity contribution in [3.05, 3.63) is 62.2 Å². The van der Waals surface area contributed by atoms with Crippen molar-refractivity contribution < 1.29 is 42.7 Å². The largest absolute Gasteiger partial charge is 0.474 e. The molecule has 0 spiro atoms. The van der Waals surface area contributed by atoms with E-state index in [9.17, 15) is 29.3 Å². The second-order valence-corrected chi connectivity index (χ2v) is 7.04. The summed E-state index contributed by atoms with van der Waals surface area (Å²) in [6, 6.07) is 4.18. The summed E-state index contributed by atoms with van der Waals surface area (Å²) in [4.78, 5) is 59.6. The van der Waals surface area contributed by atoms with Crippen LogP contribution in [0.4, 0.5) is 10.5 Å². The standard InChI is InChI=1S/C20H16ClN3O10/c1-31-16(25)9-33-17-10(5-11(21)7-14(17)24(29)30)6-13-18(26)23(20(28)22-13)8-12-3-4-15(34-12)19(27)32-2/h3-7H,8-9H2,1-2H3,(H,22,28)/b13-6-. The number of nitro benzene ring substituents is 1. The minimum atomic E-state index is -0.805. The number of nitro groups is 1. The summed E-state index contributed by atoms with van der Waals surface area (Å²) in [6.45, 7) is -0.955. The Kier molecular flexibility index (Phi) is 7.16. The van der Waals surface area contributed by atoms with E-state index in [0.717, 1.165) is 24.2 Å².